The maximum Gasteiger partial charge on any atom is 0.257 e. The highest BCUT2D eigenvalue weighted by atomic mass is 32.1. The predicted octanol–water partition coefficient (Wildman–Crippen LogP) is 4.89. The lowest BCUT2D eigenvalue weighted by Crippen LogP contribution is -2.34. The van der Waals surface area contributed by atoms with Gasteiger partial charge in [-0.2, -0.15) is 9.61 Å². The first-order valence-corrected chi connectivity index (χ1v) is 11.4. The lowest BCUT2D eigenvalue weighted by Gasteiger charge is -2.19. The van der Waals surface area contributed by atoms with Crippen molar-refractivity contribution in [3.05, 3.63) is 65.0 Å². The largest absolute Gasteiger partial charge is 0.332 e. The molecule has 9 heteroatoms. The number of thiocarbonyl (C=S) groups is 1. The molecule has 164 valence electrons. The first-order valence-electron chi connectivity index (χ1n) is 10.1. The lowest BCUT2D eigenvalue weighted by atomic mass is 9.87. The SMILES string of the molecule is Cc1ccc(-c2nn3c(C)nnc3s2)cc1NC(=S)NC(=O)c1ccc(C(C)(C)C)cc1. The second-order valence-corrected chi connectivity index (χ2v) is 9.98. The number of carbonyl (C=O) groups excluding carboxylic acids is 1. The van der Waals surface area contributed by atoms with Crippen LogP contribution in [0.5, 0.6) is 0 Å². The molecule has 4 rings (SSSR count). The highest BCUT2D eigenvalue weighted by Crippen LogP contribution is 2.29. The van der Waals surface area contributed by atoms with Crippen molar-refractivity contribution in [3.8, 4) is 10.6 Å². The molecule has 2 N–H and O–H groups in total. The molecule has 32 heavy (non-hydrogen) atoms. The first-order chi connectivity index (χ1) is 15.1. The average Bonchev–Trinajstić information content (AvgIpc) is 3.31. The third-order valence-corrected chi connectivity index (χ3v) is 6.27. The van der Waals surface area contributed by atoms with Crippen LogP contribution in [-0.2, 0) is 5.41 Å². The van der Waals surface area contributed by atoms with E-state index in [9.17, 15) is 4.79 Å². The van der Waals surface area contributed by atoms with Gasteiger partial charge in [0.25, 0.3) is 5.91 Å². The van der Waals surface area contributed by atoms with Crippen LogP contribution in [0, 0.1) is 13.8 Å². The summed E-state index contributed by atoms with van der Waals surface area (Å²) in [6.07, 6.45) is 0. The van der Waals surface area contributed by atoms with Crippen LogP contribution in [-0.4, -0.2) is 30.8 Å². The van der Waals surface area contributed by atoms with Gasteiger partial charge in [0, 0.05) is 16.8 Å². The zero-order chi connectivity index (χ0) is 23.0. The molecule has 0 saturated carbocycles. The van der Waals surface area contributed by atoms with Crippen molar-refractivity contribution < 1.29 is 4.79 Å². The predicted molar refractivity (Wildman–Crippen MR) is 132 cm³/mol. The Bertz CT molecular complexity index is 1310. The summed E-state index contributed by atoms with van der Waals surface area (Å²) in [4.78, 5) is 13.4. The first kappa shape index (κ1) is 22.0. The van der Waals surface area contributed by atoms with E-state index in [2.05, 4.69) is 46.7 Å². The Morgan fingerprint density at radius 3 is 2.44 bits per heavy atom. The fourth-order valence-electron chi connectivity index (χ4n) is 3.17. The molecule has 7 nitrogen and oxygen atoms in total. The fraction of sp³-hybridized carbons (Fsp3) is 0.261. The minimum atomic E-state index is -0.249. The number of anilines is 1. The van der Waals surface area contributed by atoms with Gasteiger partial charge in [0.2, 0.25) is 4.96 Å². The van der Waals surface area contributed by atoms with Gasteiger partial charge in [-0.25, -0.2) is 0 Å². The smallest absolute Gasteiger partial charge is 0.257 e. The fourth-order valence-corrected chi connectivity index (χ4v) is 4.26. The van der Waals surface area contributed by atoms with Gasteiger partial charge in [0.05, 0.1) is 0 Å². The summed E-state index contributed by atoms with van der Waals surface area (Å²) < 4.78 is 1.72. The Hall–Kier alpha value is -3.17. The quantitative estimate of drug-likeness (QED) is 0.420. The van der Waals surface area contributed by atoms with E-state index in [1.807, 2.05) is 56.3 Å². The Morgan fingerprint density at radius 1 is 1.06 bits per heavy atom. The molecule has 0 spiro atoms. The number of amides is 1. The molecule has 1 amide bonds. The molecule has 0 saturated heterocycles. The van der Waals surface area contributed by atoms with Crippen molar-refractivity contribution in [1.82, 2.24) is 25.1 Å². The summed E-state index contributed by atoms with van der Waals surface area (Å²) in [6.45, 7) is 10.3. The molecular weight excluding hydrogens is 440 g/mol. The molecule has 2 aromatic heterocycles. The van der Waals surface area contributed by atoms with Gasteiger partial charge in [-0.15, -0.1) is 10.2 Å². The third kappa shape index (κ3) is 4.53. The molecular formula is C23H24N6OS2. The van der Waals surface area contributed by atoms with E-state index in [1.165, 1.54) is 16.9 Å². The molecule has 2 heterocycles. The standard InChI is InChI=1S/C23H24N6OS2/c1-13-6-7-16(20-28-29-14(2)26-27-22(29)32-20)12-18(13)24-21(31)25-19(30)15-8-10-17(11-9-15)23(3,4)5/h6-12H,1-5H3,(H2,24,25,30,31). The summed E-state index contributed by atoms with van der Waals surface area (Å²) >= 11 is 6.86. The highest BCUT2D eigenvalue weighted by molar-refractivity contribution is 7.80. The van der Waals surface area contributed by atoms with Crippen molar-refractivity contribution in [1.29, 1.82) is 0 Å². The third-order valence-electron chi connectivity index (χ3n) is 5.12. The normalized spacial score (nSPS) is 11.5. The van der Waals surface area contributed by atoms with Crippen LogP contribution in [0.25, 0.3) is 15.5 Å². The van der Waals surface area contributed by atoms with Crippen molar-refractivity contribution >= 4 is 45.2 Å². The molecule has 0 aliphatic heterocycles. The van der Waals surface area contributed by atoms with Crippen LogP contribution in [0.15, 0.2) is 42.5 Å². The van der Waals surface area contributed by atoms with Crippen molar-refractivity contribution in [3.63, 3.8) is 0 Å². The van der Waals surface area contributed by atoms with Gasteiger partial charge in [0.1, 0.15) is 5.01 Å². The van der Waals surface area contributed by atoms with E-state index in [1.54, 1.807) is 4.52 Å². The number of aryl methyl sites for hydroxylation is 2. The van der Waals surface area contributed by atoms with Crippen molar-refractivity contribution in [2.24, 2.45) is 0 Å². The minimum Gasteiger partial charge on any atom is -0.332 e. The Balaban J connectivity index is 1.48. The van der Waals surface area contributed by atoms with Gasteiger partial charge in [-0.3, -0.25) is 10.1 Å². The second-order valence-electron chi connectivity index (χ2n) is 8.61. The number of fused-ring (bicyclic) bond motifs is 1. The molecule has 2 aromatic carbocycles. The van der Waals surface area contributed by atoms with Gasteiger partial charge in [-0.05, 0) is 60.8 Å². The summed E-state index contributed by atoms with van der Waals surface area (Å²) in [5.41, 5.74) is 4.49. The van der Waals surface area contributed by atoms with Crippen molar-refractivity contribution in [2.75, 3.05) is 5.32 Å². The Kier molecular flexibility index (Phi) is 5.79. The Morgan fingerprint density at radius 2 is 1.78 bits per heavy atom. The number of nitrogens with one attached hydrogen (secondary N) is 2. The van der Waals surface area contributed by atoms with Gasteiger partial charge in [0.15, 0.2) is 10.9 Å². The van der Waals surface area contributed by atoms with Gasteiger partial charge in [-0.1, -0.05) is 56.4 Å². The average molecular weight is 465 g/mol. The van der Waals surface area contributed by atoms with Crippen LogP contribution in [0.3, 0.4) is 0 Å². The van der Waals surface area contributed by atoms with Gasteiger partial charge >= 0.3 is 0 Å². The van der Waals surface area contributed by atoms with E-state index in [0.29, 0.717) is 5.56 Å². The summed E-state index contributed by atoms with van der Waals surface area (Å²) in [6, 6.07) is 13.5. The number of benzene rings is 2. The van der Waals surface area contributed by atoms with E-state index in [0.717, 1.165) is 32.6 Å². The number of hydrogen-bond donors (Lipinski definition) is 2. The Labute approximate surface area is 195 Å². The molecule has 4 aromatic rings. The van der Waals surface area contributed by atoms with Crippen LogP contribution < -0.4 is 10.6 Å². The van der Waals surface area contributed by atoms with E-state index in [-0.39, 0.29) is 16.4 Å². The molecule has 0 aliphatic carbocycles. The van der Waals surface area contributed by atoms with Crippen molar-refractivity contribution in [2.45, 2.75) is 40.0 Å². The number of aromatic nitrogens is 4. The zero-order valence-electron chi connectivity index (χ0n) is 18.6. The molecule has 0 bridgehead atoms. The maximum absolute atomic E-state index is 12.6. The summed E-state index contributed by atoms with van der Waals surface area (Å²) in [5, 5.41) is 19.7. The second kappa shape index (κ2) is 8.40. The molecule has 0 atom stereocenters. The van der Waals surface area contributed by atoms with E-state index >= 15 is 0 Å². The zero-order valence-corrected chi connectivity index (χ0v) is 20.2. The number of carbonyl (C=O) groups is 1. The lowest BCUT2D eigenvalue weighted by molar-refractivity contribution is 0.0977. The summed E-state index contributed by atoms with van der Waals surface area (Å²) in [5.74, 6) is 0.494. The van der Waals surface area contributed by atoms with Crippen LogP contribution in [0.1, 0.15) is 48.1 Å². The molecule has 0 aliphatic rings. The number of hydrogen-bond acceptors (Lipinski definition) is 6. The number of nitrogens with zero attached hydrogens (tertiary/aromatic N) is 4. The van der Waals surface area contributed by atoms with Crippen LogP contribution in [0.4, 0.5) is 5.69 Å². The maximum atomic E-state index is 12.6. The highest BCUT2D eigenvalue weighted by Gasteiger charge is 2.16. The molecule has 0 unspecified atom stereocenters. The topological polar surface area (TPSA) is 84.2 Å². The number of rotatable bonds is 3. The van der Waals surface area contributed by atoms with E-state index in [4.69, 9.17) is 12.2 Å². The van der Waals surface area contributed by atoms with Crippen LogP contribution >= 0.6 is 23.6 Å². The minimum absolute atomic E-state index is 0.0318. The molecule has 0 fully saturated rings. The molecule has 0 radical (unpaired) electrons. The monoisotopic (exact) mass is 464 g/mol. The summed E-state index contributed by atoms with van der Waals surface area (Å²) in [7, 11) is 0. The van der Waals surface area contributed by atoms with E-state index < -0.39 is 0 Å². The van der Waals surface area contributed by atoms with Gasteiger partial charge < -0.3 is 5.32 Å². The van der Waals surface area contributed by atoms with Crippen LogP contribution in [0.2, 0.25) is 0 Å².